The van der Waals surface area contributed by atoms with E-state index in [2.05, 4.69) is 16.0 Å². The predicted molar refractivity (Wildman–Crippen MR) is 129 cm³/mol. The molecule has 0 saturated carbocycles. The Balaban J connectivity index is 2.10. The van der Waals surface area contributed by atoms with E-state index in [1.807, 2.05) is 0 Å². The number of allylic oxidation sites excluding steroid dienone is 4. The van der Waals surface area contributed by atoms with Crippen LogP contribution in [0.3, 0.4) is 0 Å². The lowest BCUT2D eigenvalue weighted by Gasteiger charge is -2.25. The first-order valence-electron chi connectivity index (χ1n) is 11.5. The zero-order valence-corrected chi connectivity index (χ0v) is 20.1. The molecule has 1 unspecified atom stereocenters. The number of carbonyl (C=O) groups is 6. The number of Topliss-reactive ketones (excluding diaryl/α,β-unsaturated/α-hetero) is 1. The van der Waals surface area contributed by atoms with Gasteiger partial charge in [-0.3, -0.25) is 34.1 Å². The summed E-state index contributed by atoms with van der Waals surface area (Å²) in [6, 6.07) is 7.07. The Labute approximate surface area is 204 Å². The first kappa shape index (κ1) is 27.4. The fourth-order valence-electron chi connectivity index (χ4n) is 3.66. The zero-order valence-electron chi connectivity index (χ0n) is 20.1. The van der Waals surface area contributed by atoms with Crippen LogP contribution < -0.4 is 16.0 Å². The molecule has 0 radical (unpaired) electrons. The Morgan fingerprint density at radius 2 is 1.71 bits per heavy atom. The van der Waals surface area contributed by atoms with Gasteiger partial charge in [0.25, 0.3) is 0 Å². The first-order chi connectivity index (χ1) is 16.6. The number of hydrogen-bond donors (Lipinski definition) is 3. The van der Waals surface area contributed by atoms with Crippen LogP contribution in [0.4, 0.5) is 0 Å². The van der Waals surface area contributed by atoms with Crippen LogP contribution in [-0.2, 0) is 28.8 Å². The maximum atomic E-state index is 12.9. The average molecular weight is 482 g/mol. The molecule has 1 aliphatic rings. The molecule has 3 atom stereocenters. The Morgan fingerprint density at radius 3 is 2.29 bits per heavy atom. The van der Waals surface area contributed by atoms with Crippen molar-refractivity contribution in [2.75, 3.05) is 0 Å². The number of ketones is 2. The Kier molecular flexibility index (Phi) is 10.3. The lowest BCUT2D eigenvalue weighted by atomic mass is 9.89. The monoisotopic (exact) mass is 481 g/mol. The Morgan fingerprint density at radius 1 is 1.03 bits per heavy atom. The molecule has 2 rings (SSSR count). The minimum absolute atomic E-state index is 0.190. The van der Waals surface area contributed by atoms with E-state index >= 15 is 0 Å². The molecule has 0 aromatic heterocycles. The molecular formula is C26H31N3O6. The van der Waals surface area contributed by atoms with Crippen LogP contribution >= 0.6 is 0 Å². The van der Waals surface area contributed by atoms with Crippen molar-refractivity contribution in [2.24, 2.45) is 11.8 Å². The fraction of sp³-hybridized carbons (Fsp3) is 0.385. The van der Waals surface area contributed by atoms with Gasteiger partial charge in [-0.1, -0.05) is 62.4 Å². The van der Waals surface area contributed by atoms with Gasteiger partial charge in [-0.25, -0.2) is 0 Å². The maximum Gasteiger partial charge on any atom is 0.237 e. The van der Waals surface area contributed by atoms with Crippen molar-refractivity contribution < 1.29 is 28.8 Å². The highest BCUT2D eigenvalue weighted by Crippen LogP contribution is 2.20. The second-order valence-electron chi connectivity index (χ2n) is 8.62. The zero-order chi connectivity index (χ0) is 26.0. The molecule has 1 heterocycles. The number of benzene rings is 1. The molecule has 1 saturated heterocycles. The summed E-state index contributed by atoms with van der Waals surface area (Å²) in [4.78, 5) is 73.7. The normalized spacial score (nSPS) is 17.4. The summed E-state index contributed by atoms with van der Waals surface area (Å²) in [6.07, 6.45) is 5.45. The van der Waals surface area contributed by atoms with E-state index in [1.165, 1.54) is 6.08 Å². The third-order valence-corrected chi connectivity index (χ3v) is 5.45. The van der Waals surface area contributed by atoms with E-state index in [1.54, 1.807) is 69.3 Å². The van der Waals surface area contributed by atoms with Gasteiger partial charge in [-0.15, -0.1) is 0 Å². The summed E-state index contributed by atoms with van der Waals surface area (Å²) >= 11 is 0. The number of amides is 4. The summed E-state index contributed by atoms with van der Waals surface area (Å²) in [5.74, 6) is -4.63. The summed E-state index contributed by atoms with van der Waals surface area (Å²) < 4.78 is 0. The smallest absolute Gasteiger partial charge is 0.237 e. The standard InChI is InChI=1S/C26H31N3O6/c1-4-5-7-12-18(30)13-21(31)27-20(17-10-8-6-9-11-17)15-23(33)28-24(16(2)3)25(34)19-14-22(32)29-26(19)35/h4-12,16,19-20,24H,13-15H2,1-3H3,(H,27,31)(H,28,33)(H,29,32,35)/b5-4+,12-7+/t19-,20+,24?/m1/s1. The lowest BCUT2D eigenvalue weighted by Crippen LogP contribution is -2.49. The largest absolute Gasteiger partial charge is 0.348 e. The van der Waals surface area contributed by atoms with Crippen molar-refractivity contribution in [3.63, 3.8) is 0 Å². The van der Waals surface area contributed by atoms with Gasteiger partial charge in [0.1, 0.15) is 5.92 Å². The van der Waals surface area contributed by atoms with E-state index in [9.17, 15) is 28.8 Å². The second kappa shape index (κ2) is 13.1. The van der Waals surface area contributed by atoms with Crippen molar-refractivity contribution in [3.05, 3.63) is 60.2 Å². The van der Waals surface area contributed by atoms with Gasteiger partial charge in [0.2, 0.25) is 23.6 Å². The third-order valence-electron chi connectivity index (χ3n) is 5.45. The summed E-state index contributed by atoms with van der Waals surface area (Å²) in [5, 5.41) is 7.49. The number of imide groups is 1. The molecule has 1 aliphatic heterocycles. The molecule has 35 heavy (non-hydrogen) atoms. The molecule has 1 aromatic rings. The summed E-state index contributed by atoms with van der Waals surface area (Å²) in [5.41, 5.74) is 0.654. The number of hydrogen-bond acceptors (Lipinski definition) is 6. The molecule has 1 aromatic carbocycles. The molecule has 1 fully saturated rings. The average Bonchev–Trinajstić information content (AvgIpc) is 3.14. The van der Waals surface area contributed by atoms with Crippen molar-refractivity contribution in [3.8, 4) is 0 Å². The number of rotatable bonds is 12. The van der Waals surface area contributed by atoms with Crippen LogP contribution in [0.1, 0.15) is 51.6 Å². The van der Waals surface area contributed by atoms with Gasteiger partial charge in [0, 0.05) is 6.42 Å². The highest BCUT2D eigenvalue weighted by Gasteiger charge is 2.41. The predicted octanol–water partition coefficient (Wildman–Crippen LogP) is 1.70. The van der Waals surface area contributed by atoms with Crippen LogP contribution in [0.5, 0.6) is 0 Å². The molecular weight excluding hydrogens is 450 g/mol. The van der Waals surface area contributed by atoms with Gasteiger partial charge >= 0.3 is 0 Å². The highest BCUT2D eigenvalue weighted by molar-refractivity contribution is 6.15. The molecule has 0 bridgehead atoms. The highest BCUT2D eigenvalue weighted by atomic mass is 16.2. The SMILES string of the molecule is C/C=C/C=C/C(=O)CC(=O)N[C@@H](CC(=O)NC(C(=O)[C@H]1CC(=O)NC1=O)C(C)C)c1ccccc1. The summed E-state index contributed by atoms with van der Waals surface area (Å²) in [6.45, 7) is 5.25. The quantitative estimate of drug-likeness (QED) is 0.180. The third kappa shape index (κ3) is 8.44. The molecule has 3 N–H and O–H groups in total. The van der Waals surface area contributed by atoms with Crippen LogP contribution in [0.2, 0.25) is 0 Å². The van der Waals surface area contributed by atoms with Crippen LogP contribution in [0, 0.1) is 11.8 Å². The summed E-state index contributed by atoms with van der Waals surface area (Å²) in [7, 11) is 0. The van der Waals surface area contributed by atoms with Gasteiger partial charge in [0.05, 0.1) is 24.9 Å². The van der Waals surface area contributed by atoms with Crippen LogP contribution in [-0.4, -0.2) is 41.2 Å². The maximum absolute atomic E-state index is 12.9. The molecule has 0 spiro atoms. The molecule has 9 heteroatoms. The fourth-order valence-corrected chi connectivity index (χ4v) is 3.66. The Bertz CT molecular complexity index is 1030. The van der Waals surface area contributed by atoms with Gasteiger partial charge in [0.15, 0.2) is 11.6 Å². The first-order valence-corrected chi connectivity index (χ1v) is 11.5. The van der Waals surface area contributed by atoms with Gasteiger partial charge < -0.3 is 10.6 Å². The second-order valence-corrected chi connectivity index (χ2v) is 8.62. The Hall–Kier alpha value is -3.88. The van der Waals surface area contributed by atoms with Crippen LogP contribution in [0.15, 0.2) is 54.6 Å². The van der Waals surface area contributed by atoms with Crippen LogP contribution in [0.25, 0.3) is 0 Å². The minimum atomic E-state index is -1.14. The van der Waals surface area contributed by atoms with E-state index in [-0.39, 0.29) is 31.0 Å². The van der Waals surface area contributed by atoms with Crippen molar-refractivity contribution in [1.29, 1.82) is 0 Å². The van der Waals surface area contributed by atoms with Crippen molar-refractivity contribution in [1.82, 2.24) is 16.0 Å². The van der Waals surface area contributed by atoms with E-state index in [4.69, 9.17) is 0 Å². The minimum Gasteiger partial charge on any atom is -0.348 e. The molecule has 186 valence electrons. The number of carbonyl (C=O) groups excluding carboxylic acids is 6. The van der Waals surface area contributed by atoms with E-state index in [0.29, 0.717) is 5.56 Å². The van der Waals surface area contributed by atoms with Crippen molar-refractivity contribution in [2.45, 2.75) is 52.1 Å². The van der Waals surface area contributed by atoms with E-state index in [0.717, 1.165) is 0 Å². The molecule has 9 nitrogen and oxygen atoms in total. The van der Waals surface area contributed by atoms with E-state index < -0.39 is 47.4 Å². The number of nitrogens with one attached hydrogen (secondary N) is 3. The lowest BCUT2D eigenvalue weighted by molar-refractivity contribution is -0.136. The van der Waals surface area contributed by atoms with Gasteiger partial charge in [-0.2, -0.15) is 0 Å². The topological polar surface area (TPSA) is 139 Å². The van der Waals surface area contributed by atoms with Crippen molar-refractivity contribution >= 4 is 35.2 Å². The van der Waals surface area contributed by atoms with Gasteiger partial charge in [-0.05, 0) is 24.5 Å². The molecule has 0 aliphatic carbocycles. The molecule has 4 amide bonds.